The van der Waals surface area contributed by atoms with Crippen molar-refractivity contribution in [3.8, 4) is 6.01 Å². The Balaban J connectivity index is 1.45. The van der Waals surface area contributed by atoms with Crippen molar-refractivity contribution in [1.29, 1.82) is 0 Å². The predicted molar refractivity (Wildman–Crippen MR) is 101 cm³/mol. The lowest BCUT2D eigenvalue weighted by atomic mass is 10.1. The molecule has 3 heterocycles. The van der Waals surface area contributed by atoms with Crippen molar-refractivity contribution in [2.24, 2.45) is 0 Å². The molecule has 3 aromatic rings. The highest BCUT2D eigenvalue weighted by Gasteiger charge is 2.26. The van der Waals surface area contributed by atoms with Gasteiger partial charge in [0.15, 0.2) is 0 Å². The Labute approximate surface area is 157 Å². The van der Waals surface area contributed by atoms with Crippen LogP contribution in [-0.2, 0) is 6.42 Å². The van der Waals surface area contributed by atoms with Crippen LogP contribution in [-0.4, -0.2) is 49.9 Å². The van der Waals surface area contributed by atoms with Crippen LogP contribution in [0.2, 0.25) is 0 Å². The number of nitrogens with zero attached hydrogens (tertiary/aromatic N) is 5. The molecule has 1 fully saturated rings. The van der Waals surface area contributed by atoms with Gasteiger partial charge >= 0.3 is 6.01 Å². The number of aromatic nitrogens is 4. The molecule has 0 saturated carbocycles. The standard InChI is InChI=1S/C20H21N5O2/c1-2-14-11-23-20(24-12-14)27-16-4-3-9-25(13-16)19(26)15-5-6-17-18(10-15)22-8-7-21-17/h5-8,10-12,16H,2-4,9,13H2,1H3. The maximum Gasteiger partial charge on any atom is 0.316 e. The smallest absolute Gasteiger partial charge is 0.316 e. The van der Waals surface area contributed by atoms with Gasteiger partial charge in [-0.1, -0.05) is 6.92 Å². The van der Waals surface area contributed by atoms with E-state index >= 15 is 0 Å². The van der Waals surface area contributed by atoms with Crippen LogP contribution in [0.15, 0.2) is 43.0 Å². The summed E-state index contributed by atoms with van der Waals surface area (Å²) in [6.45, 7) is 3.30. The number of ether oxygens (including phenoxy) is 1. The van der Waals surface area contributed by atoms with Crippen LogP contribution in [0.3, 0.4) is 0 Å². The first-order valence-electron chi connectivity index (χ1n) is 9.20. The summed E-state index contributed by atoms with van der Waals surface area (Å²) in [5.41, 5.74) is 3.19. The number of hydrogen-bond acceptors (Lipinski definition) is 6. The molecular weight excluding hydrogens is 342 g/mol. The number of piperidine rings is 1. The number of aryl methyl sites for hydroxylation is 1. The van der Waals surface area contributed by atoms with E-state index < -0.39 is 0 Å². The van der Waals surface area contributed by atoms with Crippen LogP contribution in [0.4, 0.5) is 0 Å². The van der Waals surface area contributed by atoms with E-state index in [0.29, 0.717) is 24.7 Å². The van der Waals surface area contributed by atoms with Gasteiger partial charge in [0.05, 0.1) is 17.6 Å². The Bertz CT molecular complexity index is 945. The lowest BCUT2D eigenvalue weighted by Gasteiger charge is -2.32. The molecule has 7 nitrogen and oxygen atoms in total. The minimum absolute atomic E-state index is 0.0156. The summed E-state index contributed by atoms with van der Waals surface area (Å²) in [7, 11) is 0. The number of rotatable bonds is 4. The fraction of sp³-hybridized carbons (Fsp3) is 0.350. The molecule has 7 heteroatoms. The summed E-state index contributed by atoms with van der Waals surface area (Å²) in [4.78, 5) is 31.8. The third-order valence-electron chi connectivity index (χ3n) is 4.74. The molecule has 0 aliphatic carbocycles. The van der Waals surface area contributed by atoms with Crippen molar-refractivity contribution in [2.75, 3.05) is 13.1 Å². The highest BCUT2D eigenvalue weighted by molar-refractivity contribution is 5.97. The summed E-state index contributed by atoms with van der Waals surface area (Å²) >= 11 is 0. The molecule has 4 rings (SSSR count). The summed E-state index contributed by atoms with van der Waals surface area (Å²) < 4.78 is 5.90. The molecule has 1 saturated heterocycles. The van der Waals surface area contributed by atoms with Crippen LogP contribution in [0.25, 0.3) is 11.0 Å². The van der Waals surface area contributed by atoms with Gasteiger partial charge in [0.25, 0.3) is 5.91 Å². The van der Waals surface area contributed by atoms with E-state index in [4.69, 9.17) is 4.74 Å². The molecule has 0 bridgehead atoms. The Hall–Kier alpha value is -3.09. The van der Waals surface area contributed by atoms with Gasteiger partial charge < -0.3 is 9.64 Å². The number of fused-ring (bicyclic) bond motifs is 1. The zero-order valence-corrected chi connectivity index (χ0v) is 15.2. The molecule has 0 radical (unpaired) electrons. The number of carbonyl (C=O) groups is 1. The van der Waals surface area contributed by atoms with E-state index in [1.807, 2.05) is 11.0 Å². The first-order valence-corrected chi connectivity index (χ1v) is 9.20. The molecule has 2 aromatic heterocycles. The number of amides is 1. The van der Waals surface area contributed by atoms with E-state index in [1.54, 1.807) is 36.9 Å². The van der Waals surface area contributed by atoms with Crippen molar-refractivity contribution in [2.45, 2.75) is 32.3 Å². The number of hydrogen-bond donors (Lipinski definition) is 0. The van der Waals surface area contributed by atoms with Gasteiger partial charge in [-0.2, -0.15) is 0 Å². The van der Waals surface area contributed by atoms with E-state index in [1.165, 1.54) is 0 Å². The first kappa shape index (κ1) is 17.3. The molecule has 138 valence electrons. The van der Waals surface area contributed by atoms with E-state index in [-0.39, 0.29) is 12.0 Å². The number of carbonyl (C=O) groups excluding carboxylic acids is 1. The second-order valence-electron chi connectivity index (χ2n) is 6.62. The average Bonchev–Trinajstić information content (AvgIpc) is 2.73. The molecule has 1 amide bonds. The third kappa shape index (κ3) is 3.86. The maximum atomic E-state index is 12.9. The van der Waals surface area contributed by atoms with Crippen molar-refractivity contribution < 1.29 is 9.53 Å². The summed E-state index contributed by atoms with van der Waals surface area (Å²) in [6.07, 6.45) is 9.39. The highest BCUT2D eigenvalue weighted by Crippen LogP contribution is 2.19. The minimum atomic E-state index is -0.101. The zero-order chi connectivity index (χ0) is 18.6. The normalized spacial score (nSPS) is 17.1. The fourth-order valence-electron chi connectivity index (χ4n) is 3.23. The van der Waals surface area contributed by atoms with E-state index in [2.05, 4.69) is 26.9 Å². The van der Waals surface area contributed by atoms with Gasteiger partial charge in [0.1, 0.15) is 6.10 Å². The molecule has 1 aliphatic rings. The van der Waals surface area contributed by atoms with Crippen LogP contribution >= 0.6 is 0 Å². The first-order chi connectivity index (χ1) is 13.2. The van der Waals surface area contributed by atoms with Crippen molar-refractivity contribution in [1.82, 2.24) is 24.8 Å². The van der Waals surface area contributed by atoms with Crippen LogP contribution in [0.1, 0.15) is 35.7 Å². The van der Waals surface area contributed by atoms with Crippen molar-refractivity contribution >= 4 is 16.9 Å². The second-order valence-corrected chi connectivity index (χ2v) is 6.62. The Morgan fingerprint density at radius 3 is 2.70 bits per heavy atom. The van der Waals surface area contributed by atoms with Gasteiger partial charge in [-0.3, -0.25) is 14.8 Å². The topological polar surface area (TPSA) is 81.1 Å². The molecule has 0 N–H and O–H groups in total. The number of likely N-dealkylation sites (tertiary alicyclic amines) is 1. The quantitative estimate of drug-likeness (QED) is 0.709. The maximum absolute atomic E-state index is 12.9. The zero-order valence-electron chi connectivity index (χ0n) is 15.2. The molecule has 1 atom stereocenters. The molecule has 1 unspecified atom stereocenters. The predicted octanol–water partition coefficient (Wildman–Crippen LogP) is 2.67. The van der Waals surface area contributed by atoms with Gasteiger partial charge in [-0.15, -0.1) is 0 Å². The van der Waals surface area contributed by atoms with E-state index in [0.717, 1.165) is 35.9 Å². The minimum Gasteiger partial charge on any atom is -0.458 e. The second kappa shape index (κ2) is 7.65. The summed E-state index contributed by atoms with van der Waals surface area (Å²) in [5, 5.41) is 0. The molecule has 1 aromatic carbocycles. The molecule has 1 aliphatic heterocycles. The van der Waals surface area contributed by atoms with Gasteiger partial charge in [0, 0.05) is 36.9 Å². The largest absolute Gasteiger partial charge is 0.458 e. The lowest BCUT2D eigenvalue weighted by Crippen LogP contribution is -2.44. The van der Waals surface area contributed by atoms with Gasteiger partial charge in [0.2, 0.25) is 0 Å². The highest BCUT2D eigenvalue weighted by atomic mass is 16.5. The van der Waals surface area contributed by atoms with Gasteiger partial charge in [-0.25, -0.2) is 9.97 Å². The molecule has 0 spiro atoms. The molecule has 27 heavy (non-hydrogen) atoms. The number of benzene rings is 1. The Kier molecular flexibility index (Phi) is 4.91. The Morgan fingerprint density at radius 1 is 1.15 bits per heavy atom. The van der Waals surface area contributed by atoms with E-state index in [9.17, 15) is 4.79 Å². The van der Waals surface area contributed by atoms with Gasteiger partial charge in [-0.05, 0) is 43.0 Å². The SMILES string of the molecule is CCc1cnc(OC2CCCN(C(=O)c3ccc4nccnc4c3)C2)nc1. The third-order valence-corrected chi connectivity index (χ3v) is 4.74. The summed E-state index contributed by atoms with van der Waals surface area (Å²) in [5.74, 6) is -0.0156. The molecular formula is C20H21N5O2. The van der Waals surface area contributed by atoms with Crippen molar-refractivity contribution in [3.05, 3.63) is 54.1 Å². The monoisotopic (exact) mass is 363 g/mol. The van der Waals surface area contributed by atoms with Crippen LogP contribution in [0, 0.1) is 0 Å². The Morgan fingerprint density at radius 2 is 1.93 bits per heavy atom. The van der Waals surface area contributed by atoms with Crippen molar-refractivity contribution in [3.63, 3.8) is 0 Å². The summed E-state index contributed by atoms with van der Waals surface area (Å²) in [6, 6.07) is 5.79. The fourth-order valence-corrected chi connectivity index (χ4v) is 3.23. The van der Waals surface area contributed by atoms with Crippen LogP contribution < -0.4 is 4.74 Å². The van der Waals surface area contributed by atoms with Crippen LogP contribution in [0.5, 0.6) is 6.01 Å². The average molecular weight is 363 g/mol. The lowest BCUT2D eigenvalue weighted by molar-refractivity contribution is 0.0516.